The topological polar surface area (TPSA) is 95.9 Å². The molecule has 0 bridgehead atoms. The second-order valence-electron chi connectivity index (χ2n) is 20.0. The maximum Gasteiger partial charge on any atom is 0.305 e. The number of aliphatic hydroxyl groups excluding tert-OH is 2. The number of aliphatic hydroxyl groups is 2. The van der Waals surface area contributed by atoms with E-state index in [2.05, 4.69) is 55.6 Å². The van der Waals surface area contributed by atoms with Crippen LogP contribution in [0.25, 0.3) is 0 Å². The van der Waals surface area contributed by atoms with Crippen LogP contribution in [0.3, 0.4) is 0 Å². The molecule has 0 aromatic carbocycles. The van der Waals surface area contributed by atoms with Gasteiger partial charge < -0.3 is 20.3 Å². The standard InChI is InChI=1S/C61H113NO5/c1-3-5-7-9-11-13-15-17-19-20-23-27-31-35-39-43-47-51-55-61(66)67-56-52-48-44-40-36-32-28-24-21-22-26-30-34-38-42-46-50-54-60(65)62-58(57-63)59(64)53-49-45-41-37-33-29-25-18-16-14-12-10-8-6-4-2/h19-21,24,32,36,49,53,58-59,63-64H,3-18,22-23,25-31,33-35,37-48,50-52,54-57H2,1-2H3,(H,62,65)/b20-19-,24-21-,36-32-,53-49+. The first kappa shape index (κ1) is 64.8. The first-order chi connectivity index (χ1) is 33.0. The summed E-state index contributed by atoms with van der Waals surface area (Å²) in [6.45, 7) is 4.86. The fourth-order valence-corrected chi connectivity index (χ4v) is 8.78. The second kappa shape index (κ2) is 56.4. The Morgan fingerprint density at radius 3 is 1.15 bits per heavy atom. The van der Waals surface area contributed by atoms with E-state index in [0.29, 0.717) is 19.4 Å². The summed E-state index contributed by atoms with van der Waals surface area (Å²) in [6.07, 6.45) is 71.3. The molecule has 392 valence electrons. The molecule has 0 fully saturated rings. The smallest absolute Gasteiger partial charge is 0.305 e. The highest BCUT2D eigenvalue weighted by molar-refractivity contribution is 5.76. The average molecular weight is 941 g/mol. The lowest BCUT2D eigenvalue weighted by Gasteiger charge is -2.20. The monoisotopic (exact) mass is 940 g/mol. The molecule has 0 aromatic rings. The summed E-state index contributed by atoms with van der Waals surface area (Å²) < 4.78 is 5.46. The molecule has 67 heavy (non-hydrogen) atoms. The fourth-order valence-electron chi connectivity index (χ4n) is 8.78. The van der Waals surface area contributed by atoms with Gasteiger partial charge in [0.25, 0.3) is 0 Å². The fraction of sp³-hybridized carbons (Fsp3) is 0.836. The van der Waals surface area contributed by atoms with E-state index in [4.69, 9.17) is 4.74 Å². The zero-order valence-corrected chi connectivity index (χ0v) is 44.6. The van der Waals surface area contributed by atoms with Gasteiger partial charge in [0, 0.05) is 12.8 Å². The van der Waals surface area contributed by atoms with E-state index in [1.807, 2.05) is 6.08 Å². The third-order valence-electron chi connectivity index (χ3n) is 13.3. The maximum atomic E-state index is 12.4. The van der Waals surface area contributed by atoms with E-state index in [0.717, 1.165) is 83.5 Å². The van der Waals surface area contributed by atoms with Gasteiger partial charge in [-0.15, -0.1) is 0 Å². The van der Waals surface area contributed by atoms with Crippen LogP contribution in [0.1, 0.15) is 303 Å². The van der Waals surface area contributed by atoms with Crippen LogP contribution in [0, 0.1) is 0 Å². The van der Waals surface area contributed by atoms with E-state index in [1.54, 1.807) is 6.08 Å². The molecule has 6 nitrogen and oxygen atoms in total. The molecule has 0 aliphatic rings. The van der Waals surface area contributed by atoms with Crippen molar-refractivity contribution in [3.63, 3.8) is 0 Å². The van der Waals surface area contributed by atoms with Crippen LogP contribution in [-0.2, 0) is 14.3 Å². The molecule has 0 aliphatic carbocycles. The number of unbranched alkanes of at least 4 members (excludes halogenated alkanes) is 37. The summed E-state index contributed by atoms with van der Waals surface area (Å²) in [4.78, 5) is 24.5. The molecule has 2 unspecified atom stereocenters. The Labute approximate surface area is 416 Å². The highest BCUT2D eigenvalue weighted by atomic mass is 16.5. The van der Waals surface area contributed by atoms with Gasteiger partial charge in [-0.3, -0.25) is 9.59 Å². The third-order valence-corrected chi connectivity index (χ3v) is 13.3. The third kappa shape index (κ3) is 53.0. The summed E-state index contributed by atoms with van der Waals surface area (Å²) in [5, 5.41) is 23.1. The lowest BCUT2D eigenvalue weighted by Crippen LogP contribution is -2.45. The van der Waals surface area contributed by atoms with Crippen LogP contribution in [0.15, 0.2) is 48.6 Å². The van der Waals surface area contributed by atoms with E-state index >= 15 is 0 Å². The Hall–Kier alpha value is -2.18. The number of carbonyl (C=O) groups is 2. The van der Waals surface area contributed by atoms with Crippen LogP contribution < -0.4 is 5.32 Å². The predicted molar refractivity (Wildman–Crippen MR) is 292 cm³/mol. The summed E-state index contributed by atoms with van der Waals surface area (Å²) in [6, 6.07) is -0.641. The molecule has 6 heteroatoms. The molecule has 0 aliphatic heterocycles. The van der Waals surface area contributed by atoms with Crippen molar-refractivity contribution in [1.29, 1.82) is 0 Å². The number of ether oxygens (including phenoxy) is 1. The van der Waals surface area contributed by atoms with Crippen LogP contribution >= 0.6 is 0 Å². The van der Waals surface area contributed by atoms with Gasteiger partial charge >= 0.3 is 5.97 Å². The molecule has 0 aromatic heterocycles. The summed E-state index contributed by atoms with van der Waals surface area (Å²) in [5.41, 5.74) is 0. The van der Waals surface area contributed by atoms with E-state index in [-0.39, 0.29) is 18.5 Å². The Morgan fingerprint density at radius 1 is 0.418 bits per heavy atom. The number of nitrogens with one attached hydrogen (secondary N) is 1. The predicted octanol–water partition coefficient (Wildman–Crippen LogP) is 18.2. The van der Waals surface area contributed by atoms with Gasteiger partial charge in [0.1, 0.15) is 0 Å². The Morgan fingerprint density at radius 2 is 0.746 bits per heavy atom. The molecule has 2 atom stereocenters. The first-order valence-electron chi connectivity index (χ1n) is 29.4. The number of esters is 1. The number of hydrogen-bond donors (Lipinski definition) is 3. The van der Waals surface area contributed by atoms with Gasteiger partial charge in [0.05, 0.1) is 25.4 Å². The van der Waals surface area contributed by atoms with E-state index in [1.165, 1.54) is 193 Å². The molecule has 3 N–H and O–H groups in total. The number of amides is 1. The molecular weight excluding hydrogens is 827 g/mol. The molecule has 0 saturated carbocycles. The van der Waals surface area contributed by atoms with Gasteiger partial charge in [0.15, 0.2) is 0 Å². The van der Waals surface area contributed by atoms with Crippen LogP contribution in [0.2, 0.25) is 0 Å². The minimum Gasteiger partial charge on any atom is -0.466 e. The molecule has 0 spiro atoms. The lowest BCUT2D eigenvalue weighted by molar-refractivity contribution is -0.143. The minimum atomic E-state index is -0.856. The number of rotatable bonds is 54. The van der Waals surface area contributed by atoms with Gasteiger partial charge in [-0.25, -0.2) is 0 Å². The van der Waals surface area contributed by atoms with Gasteiger partial charge in [0.2, 0.25) is 5.91 Å². The molecule has 0 saturated heterocycles. The van der Waals surface area contributed by atoms with Crippen LogP contribution in [-0.4, -0.2) is 47.4 Å². The maximum absolute atomic E-state index is 12.4. The van der Waals surface area contributed by atoms with Crippen molar-refractivity contribution >= 4 is 11.9 Å². The molecule has 0 heterocycles. The Balaban J connectivity index is 3.52. The van der Waals surface area contributed by atoms with E-state index < -0.39 is 12.1 Å². The zero-order chi connectivity index (χ0) is 48.6. The van der Waals surface area contributed by atoms with Crippen molar-refractivity contribution in [3.8, 4) is 0 Å². The Kier molecular flexibility index (Phi) is 54.6. The number of allylic oxidation sites excluding steroid dienone is 7. The second-order valence-corrected chi connectivity index (χ2v) is 20.0. The molecule has 0 radical (unpaired) electrons. The normalized spacial score (nSPS) is 13.0. The molecular formula is C61H113NO5. The van der Waals surface area contributed by atoms with Gasteiger partial charge in [-0.05, 0) is 96.3 Å². The molecule has 1 amide bonds. The van der Waals surface area contributed by atoms with Gasteiger partial charge in [-0.2, -0.15) is 0 Å². The summed E-state index contributed by atoms with van der Waals surface area (Å²) in [5.74, 6) is -0.104. The van der Waals surface area contributed by atoms with Crippen LogP contribution in [0.4, 0.5) is 0 Å². The average Bonchev–Trinajstić information content (AvgIpc) is 3.33. The summed E-state index contributed by atoms with van der Waals surface area (Å²) in [7, 11) is 0. The quantitative estimate of drug-likeness (QED) is 0.0321. The number of carbonyl (C=O) groups excluding carboxylic acids is 2. The van der Waals surface area contributed by atoms with Crippen molar-refractivity contribution in [2.75, 3.05) is 13.2 Å². The Bertz CT molecular complexity index is 1130. The minimum absolute atomic E-state index is 0.0197. The SMILES string of the molecule is CCCCCCCCC/C=C\CCCCCCCCCC(=O)OCCCCC/C=C\C/C=C\CCCCCCCCCC(=O)NC(CO)C(O)/C=C/CCCCCCCCCCCCCCC. The van der Waals surface area contributed by atoms with Crippen molar-refractivity contribution in [2.24, 2.45) is 0 Å². The zero-order valence-electron chi connectivity index (χ0n) is 44.6. The van der Waals surface area contributed by atoms with Crippen molar-refractivity contribution in [2.45, 2.75) is 315 Å². The van der Waals surface area contributed by atoms with Gasteiger partial charge in [-0.1, -0.05) is 242 Å². The summed E-state index contributed by atoms with van der Waals surface area (Å²) >= 11 is 0. The first-order valence-corrected chi connectivity index (χ1v) is 29.4. The lowest BCUT2D eigenvalue weighted by atomic mass is 10.0. The highest BCUT2D eigenvalue weighted by Gasteiger charge is 2.18. The van der Waals surface area contributed by atoms with Crippen LogP contribution in [0.5, 0.6) is 0 Å². The van der Waals surface area contributed by atoms with Crippen molar-refractivity contribution in [1.82, 2.24) is 5.32 Å². The molecule has 0 rings (SSSR count). The highest BCUT2D eigenvalue weighted by Crippen LogP contribution is 2.16. The largest absolute Gasteiger partial charge is 0.466 e. The van der Waals surface area contributed by atoms with E-state index in [9.17, 15) is 19.8 Å². The number of hydrogen-bond acceptors (Lipinski definition) is 5. The van der Waals surface area contributed by atoms with Crippen molar-refractivity contribution < 1.29 is 24.5 Å². The van der Waals surface area contributed by atoms with Crippen molar-refractivity contribution in [3.05, 3.63) is 48.6 Å².